The van der Waals surface area contributed by atoms with Crippen LogP contribution < -0.4 is 16.0 Å². The van der Waals surface area contributed by atoms with Crippen LogP contribution in [0.4, 0.5) is 10.5 Å². The number of nitrogens with zero attached hydrogens (tertiary/aromatic N) is 1. The number of nitrogens with one attached hydrogen (secondary N) is 3. The summed E-state index contributed by atoms with van der Waals surface area (Å²) in [6, 6.07) is 10.1. The standard InChI is InChI=1S/C25H26N4O7S/c1-37(34,35)18-5-2-16(3-6-18)25(10-11-36-14-25)28-24(33)26-17-4-7-19-15(12-17)13-29(23(19)32)20-8-9-21(30)27-22(20)31/h2-7,12,20H,8-11,13-14H2,1H3,(H2,26,28,33)(H,27,30,31). The summed E-state index contributed by atoms with van der Waals surface area (Å²) in [6.45, 7) is 0.867. The molecule has 12 heteroatoms. The molecule has 3 N–H and O–H groups in total. The van der Waals surface area contributed by atoms with Gasteiger partial charge in [0.25, 0.3) is 5.91 Å². The normalized spacial score (nSPS) is 23.5. The van der Waals surface area contributed by atoms with Gasteiger partial charge < -0.3 is 20.3 Å². The van der Waals surface area contributed by atoms with Crippen molar-refractivity contribution in [2.75, 3.05) is 24.8 Å². The van der Waals surface area contributed by atoms with E-state index < -0.39 is 33.4 Å². The van der Waals surface area contributed by atoms with Crippen molar-refractivity contribution in [1.29, 1.82) is 0 Å². The molecule has 0 aliphatic carbocycles. The van der Waals surface area contributed by atoms with Crippen LogP contribution in [0.3, 0.4) is 0 Å². The second-order valence-electron chi connectivity index (χ2n) is 9.53. The first-order chi connectivity index (χ1) is 17.6. The average Bonchev–Trinajstić information content (AvgIpc) is 3.44. The number of carbonyl (C=O) groups is 4. The zero-order valence-electron chi connectivity index (χ0n) is 20.1. The lowest BCUT2D eigenvalue weighted by Crippen LogP contribution is -2.52. The van der Waals surface area contributed by atoms with Crippen LogP contribution in [0, 0.1) is 0 Å². The van der Waals surface area contributed by atoms with Gasteiger partial charge in [-0.3, -0.25) is 19.7 Å². The van der Waals surface area contributed by atoms with E-state index >= 15 is 0 Å². The van der Waals surface area contributed by atoms with E-state index in [1.165, 1.54) is 17.0 Å². The number of rotatable bonds is 5. The smallest absolute Gasteiger partial charge is 0.320 e. The Morgan fingerprint density at radius 1 is 1.14 bits per heavy atom. The van der Waals surface area contributed by atoms with Crippen molar-refractivity contribution < 1.29 is 32.3 Å². The van der Waals surface area contributed by atoms with E-state index in [0.29, 0.717) is 29.8 Å². The number of sulfone groups is 1. The van der Waals surface area contributed by atoms with Gasteiger partial charge in [-0.1, -0.05) is 12.1 Å². The van der Waals surface area contributed by atoms with Crippen LogP contribution in [0.2, 0.25) is 0 Å². The minimum atomic E-state index is -3.35. The van der Waals surface area contributed by atoms with Gasteiger partial charge in [0.1, 0.15) is 6.04 Å². The number of benzene rings is 2. The van der Waals surface area contributed by atoms with Crippen molar-refractivity contribution in [3.05, 3.63) is 59.2 Å². The molecule has 0 radical (unpaired) electrons. The summed E-state index contributed by atoms with van der Waals surface area (Å²) < 4.78 is 29.2. The van der Waals surface area contributed by atoms with E-state index in [2.05, 4.69) is 16.0 Å². The first-order valence-electron chi connectivity index (χ1n) is 11.8. The number of anilines is 1. The maximum absolute atomic E-state index is 13.0. The highest BCUT2D eigenvalue weighted by molar-refractivity contribution is 7.90. The van der Waals surface area contributed by atoms with E-state index in [1.807, 2.05) is 0 Å². The predicted octanol–water partition coefficient (Wildman–Crippen LogP) is 1.29. The van der Waals surface area contributed by atoms with E-state index in [-0.39, 0.29) is 42.7 Å². The fraction of sp³-hybridized carbons (Fsp3) is 0.360. The number of amides is 5. The highest BCUT2D eigenvalue weighted by Gasteiger charge is 2.40. The Labute approximate surface area is 213 Å². The molecule has 5 rings (SSSR count). The summed E-state index contributed by atoms with van der Waals surface area (Å²) in [6.07, 6.45) is 2.09. The number of hydrogen-bond donors (Lipinski definition) is 3. The van der Waals surface area contributed by atoms with E-state index in [0.717, 1.165) is 11.8 Å². The number of urea groups is 1. The Morgan fingerprint density at radius 3 is 2.54 bits per heavy atom. The van der Waals surface area contributed by atoms with Gasteiger partial charge in [0, 0.05) is 43.5 Å². The molecule has 2 aromatic rings. The number of ether oxygens (including phenoxy) is 1. The molecule has 37 heavy (non-hydrogen) atoms. The zero-order chi connectivity index (χ0) is 26.4. The molecule has 2 unspecified atom stereocenters. The van der Waals surface area contributed by atoms with Gasteiger partial charge >= 0.3 is 6.03 Å². The highest BCUT2D eigenvalue weighted by atomic mass is 32.2. The molecule has 0 saturated carbocycles. The molecule has 11 nitrogen and oxygen atoms in total. The van der Waals surface area contributed by atoms with Crippen LogP contribution in [-0.2, 0) is 36.2 Å². The van der Waals surface area contributed by atoms with Crippen LogP contribution >= 0.6 is 0 Å². The molecule has 2 atom stereocenters. The molecule has 0 spiro atoms. The van der Waals surface area contributed by atoms with Gasteiger partial charge in [0.2, 0.25) is 11.8 Å². The number of imide groups is 1. The molecule has 3 aliphatic heterocycles. The van der Waals surface area contributed by atoms with Crippen LogP contribution in [0.25, 0.3) is 0 Å². The van der Waals surface area contributed by atoms with Crippen molar-refractivity contribution in [3.8, 4) is 0 Å². The molecular formula is C25H26N4O7S. The fourth-order valence-corrected chi connectivity index (χ4v) is 5.65. The van der Waals surface area contributed by atoms with Crippen LogP contribution in [0.5, 0.6) is 0 Å². The van der Waals surface area contributed by atoms with Crippen LogP contribution in [-0.4, -0.2) is 62.6 Å². The molecule has 5 amide bonds. The lowest BCUT2D eigenvalue weighted by Gasteiger charge is -2.29. The molecule has 0 aromatic heterocycles. The summed E-state index contributed by atoms with van der Waals surface area (Å²) >= 11 is 0. The van der Waals surface area contributed by atoms with Crippen molar-refractivity contribution in [1.82, 2.24) is 15.5 Å². The molecule has 194 valence electrons. The van der Waals surface area contributed by atoms with Crippen molar-refractivity contribution >= 4 is 39.3 Å². The Hall–Kier alpha value is -3.77. The minimum absolute atomic E-state index is 0.173. The SMILES string of the molecule is CS(=O)(=O)c1ccc(C2(NC(=O)Nc3ccc4c(c3)CN(C3CCC(=O)NC3=O)C4=O)CCOC2)cc1. The second-order valence-corrected chi connectivity index (χ2v) is 11.5. The highest BCUT2D eigenvalue weighted by Crippen LogP contribution is 2.32. The zero-order valence-corrected chi connectivity index (χ0v) is 20.9. The molecule has 2 aromatic carbocycles. The lowest BCUT2D eigenvalue weighted by molar-refractivity contribution is -0.136. The quantitative estimate of drug-likeness (QED) is 0.497. The maximum Gasteiger partial charge on any atom is 0.320 e. The fourth-order valence-electron chi connectivity index (χ4n) is 5.02. The third kappa shape index (κ3) is 4.81. The largest absolute Gasteiger partial charge is 0.379 e. The molecule has 2 fully saturated rings. The lowest BCUT2D eigenvalue weighted by atomic mass is 9.89. The summed E-state index contributed by atoms with van der Waals surface area (Å²) in [5.74, 6) is -1.12. The predicted molar refractivity (Wildman–Crippen MR) is 131 cm³/mol. The van der Waals surface area contributed by atoms with Gasteiger partial charge in [0.05, 0.1) is 17.0 Å². The van der Waals surface area contributed by atoms with Gasteiger partial charge in [-0.15, -0.1) is 0 Å². The minimum Gasteiger partial charge on any atom is -0.379 e. The second kappa shape index (κ2) is 9.27. The first kappa shape index (κ1) is 24.9. The van der Waals surface area contributed by atoms with Crippen LogP contribution in [0.1, 0.15) is 40.7 Å². The van der Waals surface area contributed by atoms with Crippen molar-refractivity contribution in [3.63, 3.8) is 0 Å². The van der Waals surface area contributed by atoms with Gasteiger partial charge in [0.15, 0.2) is 9.84 Å². The molecule has 2 saturated heterocycles. The molecule has 3 aliphatic rings. The summed E-state index contributed by atoms with van der Waals surface area (Å²) in [5.41, 5.74) is 1.49. The topological polar surface area (TPSA) is 151 Å². The third-order valence-corrected chi connectivity index (χ3v) is 8.12. The molecule has 3 heterocycles. The number of hydrogen-bond acceptors (Lipinski definition) is 7. The Bertz CT molecular complexity index is 1400. The third-order valence-electron chi connectivity index (χ3n) is 6.99. The summed E-state index contributed by atoms with van der Waals surface area (Å²) in [7, 11) is -3.35. The van der Waals surface area contributed by atoms with Crippen LogP contribution in [0.15, 0.2) is 47.4 Å². The Morgan fingerprint density at radius 2 is 1.89 bits per heavy atom. The number of carbonyl (C=O) groups excluding carboxylic acids is 4. The van der Waals surface area contributed by atoms with Gasteiger partial charge in [-0.25, -0.2) is 13.2 Å². The molecular weight excluding hydrogens is 500 g/mol. The molecule has 0 bridgehead atoms. The monoisotopic (exact) mass is 526 g/mol. The first-order valence-corrected chi connectivity index (χ1v) is 13.7. The summed E-state index contributed by atoms with van der Waals surface area (Å²) in [4.78, 5) is 51.2. The Kier molecular flexibility index (Phi) is 6.24. The van der Waals surface area contributed by atoms with E-state index in [9.17, 15) is 27.6 Å². The number of fused-ring (bicyclic) bond motifs is 1. The van der Waals surface area contributed by atoms with Crippen molar-refractivity contribution in [2.24, 2.45) is 0 Å². The van der Waals surface area contributed by atoms with Crippen molar-refractivity contribution in [2.45, 2.75) is 42.3 Å². The van der Waals surface area contributed by atoms with Gasteiger partial charge in [-0.05, 0) is 47.9 Å². The Balaban J connectivity index is 1.29. The maximum atomic E-state index is 13.0. The number of piperidine rings is 1. The van der Waals surface area contributed by atoms with E-state index in [1.54, 1.807) is 30.3 Å². The summed E-state index contributed by atoms with van der Waals surface area (Å²) in [5, 5.41) is 8.05. The van der Waals surface area contributed by atoms with Gasteiger partial charge in [-0.2, -0.15) is 0 Å². The average molecular weight is 527 g/mol. The van der Waals surface area contributed by atoms with E-state index in [4.69, 9.17) is 4.74 Å².